The van der Waals surface area contributed by atoms with Crippen molar-refractivity contribution in [3.8, 4) is 18.1 Å². The van der Waals surface area contributed by atoms with Gasteiger partial charge in [-0.2, -0.15) is 0 Å². The molecule has 0 unspecified atom stereocenters. The van der Waals surface area contributed by atoms with Gasteiger partial charge in [0.15, 0.2) is 5.11 Å². The van der Waals surface area contributed by atoms with Crippen molar-refractivity contribution in [3.05, 3.63) is 75.8 Å². The summed E-state index contributed by atoms with van der Waals surface area (Å²) >= 11 is 17.5. The third-order valence-corrected chi connectivity index (χ3v) is 5.44. The molecule has 0 aromatic heterocycles. The molecule has 0 saturated carbocycles. The summed E-state index contributed by atoms with van der Waals surface area (Å²) in [5, 5.41) is 2.85. The molecule has 3 rings (SSSR count). The third kappa shape index (κ3) is 4.80. The number of ether oxygens (including phenoxy) is 1. The van der Waals surface area contributed by atoms with Crippen LogP contribution in [0, 0.1) is 12.3 Å². The number of thiocarbonyl (C=S) groups is 1. The Hall–Kier alpha value is -3.11. The van der Waals surface area contributed by atoms with Gasteiger partial charge in [-0.05, 0) is 60.1 Å². The van der Waals surface area contributed by atoms with E-state index in [4.69, 9.17) is 46.6 Å². The summed E-state index contributed by atoms with van der Waals surface area (Å²) in [5.41, 5.74) is 1.61. The van der Waals surface area contributed by atoms with Crippen molar-refractivity contribution in [2.45, 2.75) is 6.42 Å². The number of benzene rings is 2. The van der Waals surface area contributed by atoms with E-state index >= 15 is 0 Å². The average Bonchev–Trinajstić information content (AvgIpc) is 2.73. The number of anilines is 1. The highest BCUT2D eigenvalue weighted by atomic mass is 35.5. The van der Waals surface area contributed by atoms with Crippen LogP contribution < -0.4 is 15.0 Å². The SMILES string of the molecule is C#CCOc1ccc(/C=C2\C(=O)NC(=S)N(c3cccc(Cl)c3Cl)C2=O)cc1CC=C. The average molecular weight is 471 g/mol. The predicted molar refractivity (Wildman–Crippen MR) is 127 cm³/mol. The van der Waals surface area contributed by atoms with Crippen molar-refractivity contribution in [2.24, 2.45) is 0 Å². The lowest BCUT2D eigenvalue weighted by Crippen LogP contribution is -2.54. The number of nitrogens with zero attached hydrogens (tertiary/aromatic N) is 1. The summed E-state index contributed by atoms with van der Waals surface area (Å²) in [5.74, 6) is 1.80. The molecule has 2 amide bonds. The van der Waals surface area contributed by atoms with Crippen LogP contribution in [0.3, 0.4) is 0 Å². The first-order chi connectivity index (χ1) is 14.9. The van der Waals surface area contributed by atoms with Gasteiger partial charge in [-0.3, -0.25) is 19.8 Å². The van der Waals surface area contributed by atoms with Crippen molar-refractivity contribution in [1.82, 2.24) is 5.32 Å². The molecule has 1 heterocycles. The van der Waals surface area contributed by atoms with Gasteiger partial charge < -0.3 is 4.74 Å². The number of carbonyl (C=O) groups is 2. The van der Waals surface area contributed by atoms with E-state index in [1.54, 1.807) is 42.5 Å². The molecule has 8 heteroatoms. The molecule has 0 spiro atoms. The van der Waals surface area contributed by atoms with Crippen molar-refractivity contribution in [2.75, 3.05) is 11.5 Å². The van der Waals surface area contributed by atoms with E-state index in [9.17, 15) is 9.59 Å². The highest BCUT2D eigenvalue weighted by Gasteiger charge is 2.35. The minimum absolute atomic E-state index is 0.0818. The summed E-state index contributed by atoms with van der Waals surface area (Å²) in [6, 6.07) is 10.1. The first-order valence-corrected chi connectivity index (χ1v) is 10.2. The van der Waals surface area contributed by atoms with Crippen LogP contribution in [0.15, 0.2) is 54.6 Å². The van der Waals surface area contributed by atoms with E-state index in [0.717, 1.165) is 10.5 Å². The lowest BCUT2D eigenvalue weighted by atomic mass is 10.0. The summed E-state index contributed by atoms with van der Waals surface area (Å²) < 4.78 is 5.54. The Morgan fingerprint density at radius 3 is 2.74 bits per heavy atom. The summed E-state index contributed by atoms with van der Waals surface area (Å²) in [6.07, 6.45) is 8.97. The molecule has 2 aromatic carbocycles. The summed E-state index contributed by atoms with van der Waals surface area (Å²) in [7, 11) is 0. The molecule has 1 aliphatic heterocycles. The zero-order valence-corrected chi connectivity index (χ0v) is 18.5. The van der Waals surface area contributed by atoms with Gasteiger partial charge in [0.05, 0.1) is 15.7 Å². The van der Waals surface area contributed by atoms with Gasteiger partial charge in [-0.15, -0.1) is 13.0 Å². The molecule has 0 aliphatic carbocycles. The van der Waals surface area contributed by atoms with Gasteiger partial charge in [0.1, 0.15) is 17.9 Å². The molecule has 2 aromatic rings. The van der Waals surface area contributed by atoms with Crippen LogP contribution in [-0.2, 0) is 16.0 Å². The van der Waals surface area contributed by atoms with E-state index < -0.39 is 11.8 Å². The van der Waals surface area contributed by atoms with Gasteiger partial charge in [0, 0.05) is 0 Å². The van der Waals surface area contributed by atoms with Crippen LogP contribution in [0.4, 0.5) is 5.69 Å². The molecule has 1 fully saturated rings. The van der Waals surface area contributed by atoms with Crippen LogP contribution in [0.2, 0.25) is 10.0 Å². The predicted octanol–water partition coefficient (Wildman–Crippen LogP) is 4.57. The fourth-order valence-corrected chi connectivity index (χ4v) is 3.63. The maximum atomic E-state index is 13.2. The van der Waals surface area contributed by atoms with Gasteiger partial charge in [0.25, 0.3) is 11.8 Å². The van der Waals surface area contributed by atoms with Crippen molar-refractivity contribution in [1.29, 1.82) is 0 Å². The van der Waals surface area contributed by atoms with Crippen LogP contribution in [0.1, 0.15) is 11.1 Å². The maximum Gasteiger partial charge on any atom is 0.270 e. The number of allylic oxidation sites excluding steroid dienone is 1. The zero-order chi connectivity index (χ0) is 22.5. The van der Waals surface area contributed by atoms with E-state index in [1.807, 2.05) is 0 Å². The maximum absolute atomic E-state index is 13.2. The second-order valence-corrected chi connectivity index (χ2v) is 7.56. The van der Waals surface area contributed by atoms with Crippen LogP contribution in [-0.4, -0.2) is 23.5 Å². The van der Waals surface area contributed by atoms with Gasteiger partial charge in [-0.25, -0.2) is 0 Å². The van der Waals surface area contributed by atoms with Gasteiger partial charge in [0.2, 0.25) is 0 Å². The van der Waals surface area contributed by atoms with Crippen molar-refractivity contribution in [3.63, 3.8) is 0 Å². The molecular formula is C23H16Cl2N2O3S. The fraction of sp³-hybridized carbons (Fsp3) is 0.0870. The van der Waals surface area contributed by atoms with Crippen molar-refractivity contribution < 1.29 is 14.3 Å². The van der Waals surface area contributed by atoms with Crippen LogP contribution in [0.25, 0.3) is 6.08 Å². The molecule has 0 atom stereocenters. The van der Waals surface area contributed by atoms with Crippen LogP contribution in [0.5, 0.6) is 5.75 Å². The number of rotatable bonds is 6. The minimum atomic E-state index is -0.615. The molecule has 1 N–H and O–H groups in total. The lowest BCUT2D eigenvalue weighted by molar-refractivity contribution is -0.122. The number of carbonyl (C=O) groups excluding carboxylic acids is 2. The zero-order valence-electron chi connectivity index (χ0n) is 16.2. The third-order valence-electron chi connectivity index (χ3n) is 4.34. The Kier molecular flexibility index (Phi) is 7.13. The highest BCUT2D eigenvalue weighted by molar-refractivity contribution is 7.80. The molecule has 0 bridgehead atoms. The quantitative estimate of drug-likeness (QED) is 0.221. The van der Waals surface area contributed by atoms with Crippen molar-refractivity contribution >= 4 is 64.1 Å². The Morgan fingerprint density at radius 2 is 2.03 bits per heavy atom. The molecule has 156 valence electrons. The molecule has 5 nitrogen and oxygen atoms in total. The number of hydrogen-bond donors (Lipinski definition) is 1. The fourth-order valence-electron chi connectivity index (χ4n) is 2.97. The second kappa shape index (κ2) is 9.80. The van der Waals surface area contributed by atoms with E-state index in [2.05, 4.69) is 17.8 Å². The number of halogens is 2. The smallest absolute Gasteiger partial charge is 0.270 e. The van der Waals surface area contributed by atoms with E-state index in [-0.39, 0.29) is 33.0 Å². The van der Waals surface area contributed by atoms with Gasteiger partial charge in [-0.1, -0.05) is 47.3 Å². The minimum Gasteiger partial charge on any atom is -0.481 e. The van der Waals surface area contributed by atoms with E-state index in [1.165, 1.54) is 6.08 Å². The van der Waals surface area contributed by atoms with Crippen LogP contribution >= 0.6 is 35.4 Å². The molecule has 1 saturated heterocycles. The Labute approximate surface area is 195 Å². The van der Waals surface area contributed by atoms with E-state index in [0.29, 0.717) is 17.7 Å². The lowest BCUT2D eigenvalue weighted by Gasteiger charge is -2.29. The second-order valence-electron chi connectivity index (χ2n) is 6.38. The summed E-state index contributed by atoms with van der Waals surface area (Å²) in [6.45, 7) is 3.86. The number of terminal acetylenes is 1. The highest BCUT2D eigenvalue weighted by Crippen LogP contribution is 2.34. The standard InChI is InChI=1S/C23H16Cl2N2O3S/c1-3-6-15-12-14(9-10-19(15)30-11-4-2)13-16-21(28)26-23(31)27(22(16)29)18-8-5-7-17(24)20(18)25/h2-3,5,7-10,12-13H,1,6,11H2,(H,26,28,31)/b16-13+. The Morgan fingerprint density at radius 1 is 1.26 bits per heavy atom. The Balaban J connectivity index is 2.02. The normalized spacial score (nSPS) is 14.9. The molecular weight excluding hydrogens is 455 g/mol. The number of nitrogens with one attached hydrogen (secondary N) is 1. The topological polar surface area (TPSA) is 58.6 Å². The molecule has 31 heavy (non-hydrogen) atoms. The van der Waals surface area contributed by atoms with Gasteiger partial charge >= 0.3 is 0 Å². The number of amides is 2. The monoisotopic (exact) mass is 470 g/mol. The first kappa shape index (κ1) is 22.6. The largest absolute Gasteiger partial charge is 0.481 e. The Bertz CT molecular complexity index is 1170. The summed E-state index contributed by atoms with van der Waals surface area (Å²) in [4.78, 5) is 26.9. The first-order valence-electron chi connectivity index (χ1n) is 9.03. The number of hydrogen-bond acceptors (Lipinski definition) is 4. The molecule has 1 aliphatic rings. The molecule has 0 radical (unpaired) electrons.